The molecule has 0 radical (unpaired) electrons. The molecule has 6 nitrogen and oxygen atoms in total. The molecule has 6 heteroatoms. The van der Waals surface area contributed by atoms with Crippen LogP contribution in [0.3, 0.4) is 0 Å². The van der Waals surface area contributed by atoms with E-state index in [-0.39, 0.29) is 24.1 Å². The predicted molar refractivity (Wildman–Crippen MR) is 134 cm³/mol. The number of carbonyl (C=O) groups excluding carboxylic acids is 2. The van der Waals surface area contributed by atoms with E-state index < -0.39 is 0 Å². The number of hydrogen-bond donors (Lipinski definition) is 1. The highest BCUT2D eigenvalue weighted by Crippen LogP contribution is 2.35. The molecule has 6 rings (SSSR count). The monoisotopic (exact) mass is 467 g/mol. The number of amides is 2. The quantitative estimate of drug-likeness (QED) is 0.594. The summed E-state index contributed by atoms with van der Waals surface area (Å²) >= 11 is 0. The van der Waals surface area contributed by atoms with Crippen molar-refractivity contribution in [2.75, 3.05) is 25.0 Å². The molecule has 3 aliphatic rings. The molecular weight excluding hydrogens is 438 g/mol. The molecular formula is C29H29N3O3. The predicted octanol–water partition coefficient (Wildman–Crippen LogP) is 4.63. The number of nitrogens with zero attached hydrogens (tertiary/aromatic N) is 2. The number of carbonyl (C=O) groups is 2. The topological polar surface area (TPSA) is 61.9 Å². The van der Waals surface area contributed by atoms with E-state index in [4.69, 9.17) is 4.74 Å². The van der Waals surface area contributed by atoms with Gasteiger partial charge >= 0.3 is 0 Å². The number of hydrogen-bond acceptors (Lipinski definition) is 4. The van der Waals surface area contributed by atoms with E-state index in [0.29, 0.717) is 18.7 Å². The highest BCUT2D eigenvalue weighted by molar-refractivity contribution is 5.99. The first kappa shape index (κ1) is 21.9. The summed E-state index contributed by atoms with van der Waals surface area (Å²) in [4.78, 5) is 30.1. The van der Waals surface area contributed by atoms with Gasteiger partial charge in [-0.05, 0) is 60.7 Å². The normalized spacial score (nSPS) is 21.1. The molecule has 178 valence electrons. The fraction of sp³-hybridized carbons (Fsp3) is 0.310. The average Bonchev–Trinajstić information content (AvgIpc) is 3.51. The van der Waals surface area contributed by atoms with Crippen molar-refractivity contribution in [3.63, 3.8) is 0 Å². The molecule has 3 aliphatic heterocycles. The van der Waals surface area contributed by atoms with Gasteiger partial charge in [-0.25, -0.2) is 0 Å². The Labute approximate surface area is 205 Å². The van der Waals surface area contributed by atoms with Gasteiger partial charge in [-0.1, -0.05) is 42.5 Å². The Morgan fingerprint density at radius 2 is 1.74 bits per heavy atom. The largest absolute Gasteiger partial charge is 0.376 e. The van der Waals surface area contributed by atoms with E-state index >= 15 is 0 Å². The van der Waals surface area contributed by atoms with Crippen LogP contribution in [-0.4, -0.2) is 47.4 Å². The summed E-state index contributed by atoms with van der Waals surface area (Å²) < 4.78 is 5.82. The van der Waals surface area contributed by atoms with E-state index in [1.807, 2.05) is 64.4 Å². The Kier molecular flexibility index (Phi) is 5.74. The van der Waals surface area contributed by atoms with Gasteiger partial charge in [0.15, 0.2) is 0 Å². The molecule has 2 atom stereocenters. The molecule has 3 aromatic rings. The van der Waals surface area contributed by atoms with Crippen LogP contribution in [-0.2, 0) is 17.7 Å². The van der Waals surface area contributed by atoms with Gasteiger partial charge in [0, 0.05) is 48.6 Å². The van der Waals surface area contributed by atoms with Crippen LogP contribution >= 0.6 is 0 Å². The van der Waals surface area contributed by atoms with Crippen molar-refractivity contribution in [2.24, 2.45) is 0 Å². The minimum atomic E-state index is -0.261. The molecule has 1 fully saturated rings. The maximum atomic E-state index is 13.2. The standard InChI is InChI=1S/C29H29N3O3/c33-28(31-16-15-20-6-1-2-7-22(20)18-31)21-11-13-23(14-12-21)30-27-25-9-3-4-10-26(25)29(34)32(27)19-24-8-5-17-35-24/h1-4,6-7,9-14,24,27,30H,5,8,15-19H2. The van der Waals surface area contributed by atoms with Gasteiger partial charge in [0.2, 0.25) is 0 Å². The highest BCUT2D eigenvalue weighted by Gasteiger charge is 2.38. The van der Waals surface area contributed by atoms with Crippen molar-refractivity contribution in [3.8, 4) is 0 Å². The van der Waals surface area contributed by atoms with Crippen LogP contribution < -0.4 is 5.32 Å². The highest BCUT2D eigenvalue weighted by atomic mass is 16.5. The molecule has 1 saturated heterocycles. The summed E-state index contributed by atoms with van der Waals surface area (Å²) in [6.45, 7) is 2.71. The lowest BCUT2D eigenvalue weighted by molar-refractivity contribution is 0.0489. The number of ether oxygens (including phenoxy) is 1. The fourth-order valence-electron chi connectivity index (χ4n) is 5.44. The van der Waals surface area contributed by atoms with Crippen molar-refractivity contribution in [3.05, 3.63) is 101 Å². The Balaban J connectivity index is 1.18. The Morgan fingerprint density at radius 3 is 2.54 bits per heavy atom. The van der Waals surface area contributed by atoms with Gasteiger partial charge < -0.3 is 19.9 Å². The second-order valence-corrected chi connectivity index (χ2v) is 9.55. The average molecular weight is 468 g/mol. The molecule has 3 heterocycles. The van der Waals surface area contributed by atoms with Crippen molar-refractivity contribution < 1.29 is 14.3 Å². The van der Waals surface area contributed by atoms with Crippen LogP contribution in [0.4, 0.5) is 5.69 Å². The molecule has 2 unspecified atom stereocenters. The van der Waals surface area contributed by atoms with Crippen LogP contribution in [0.5, 0.6) is 0 Å². The van der Waals surface area contributed by atoms with E-state index in [2.05, 4.69) is 23.5 Å². The lowest BCUT2D eigenvalue weighted by Gasteiger charge is -2.30. The number of benzene rings is 3. The molecule has 0 aliphatic carbocycles. The smallest absolute Gasteiger partial charge is 0.256 e. The third kappa shape index (κ3) is 4.19. The zero-order valence-electron chi connectivity index (χ0n) is 19.7. The molecule has 3 aromatic carbocycles. The zero-order chi connectivity index (χ0) is 23.8. The maximum absolute atomic E-state index is 13.2. The number of nitrogens with one attached hydrogen (secondary N) is 1. The van der Waals surface area contributed by atoms with E-state index in [1.54, 1.807) is 0 Å². The van der Waals surface area contributed by atoms with E-state index in [0.717, 1.165) is 49.2 Å². The van der Waals surface area contributed by atoms with Crippen molar-refractivity contribution >= 4 is 17.5 Å². The maximum Gasteiger partial charge on any atom is 0.256 e. The Bertz CT molecular complexity index is 1250. The number of rotatable bonds is 5. The van der Waals surface area contributed by atoms with Crippen LogP contribution in [0.25, 0.3) is 0 Å². The van der Waals surface area contributed by atoms with Crippen molar-refractivity contribution in [2.45, 2.75) is 38.1 Å². The van der Waals surface area contributed by atoms with Gasteiger partial charge in [0.1, 0.15) is 6.17 Å². The van der Waals surface area contributed by atoms with Crippen molar-refractivity contribution in [1.82, 2.24) is 9.80 Å². The first-order chi connectivity index (χ1) is 17.2. The Morgan fingerprint density at radius 1 is 0.971 bits per heavy atom. The number of anilines is 1. The van der Waals surface area contributed by atoms with Crippen LogP contribution in [0.1, 0.15) is 56.4 Å². The summed E-state index contributed by atoms with van der Waals surface area (Å²) in [6.07, 6.45) is 2.72. The van der Waals surface area contributed by atoms with E-state index in [1.165, 1.54) is 11.1 Å². The lowest BCUT2D eigenvalue weighted by atomic mass is 9.99. The Hall–Kier alpha value is -3.64. The van der Waals surface area contributed by atoms with Gasteiger partial charge in [0.25, 0.3) is 11.8 Å². The van der Waals surface area contributed by atoms with Crippen LogP contribution in [0, 0.1) is 0 Å². The fourth-order valence-corrected chi connectivity index (χ4v) is 5.44. The SMILES string of the molecule is O=C(c1ccc(NC2c3ccccc3C(=O)N2CC2CCCO2)cc1)N1CCc2ccccc2C1. The summed E-state index contributed by atoms with van der Waals surface area (Å²) in [5.74, 6) is 0.0817. The zero-order valence-corrected chi connectivity index (χ0v) is 19.7. The second-order valence-electron chi connectivity index (χ2n) is 9.55. The minimum Gasteiger partial charge on any atom is -0.376 e. The molecule has 0 spiro atoms. The molecule has 0 bridgehead atoms. The third-order valence-electron chi connectivity index (χ3n) is 7.34. The first-order valence-electron chi connectivity index (χ1n) is 12.4. The van der Waals surface area contributed by atoms with Gasteiger partial charge in [-0.2, -0.15) is 0 Å². The van der Waals surface area contributed by atoms with E-state index in [9.17, 15) is 9.59 Å². The lowest BCUT2D eigenvalue weighted by Crippen LogP contribution is -2.38. The third-order valence-corrected chi connectivity index (χ3v) is 7.34. The summed E-state index contributed by atoms with van der Waals surface area (Å²) in [7, 11) is 0. The second kappa shape index (κ2) is 9.19. The van der Waals surface area contributed by atoms with Crippen molar-refractivity contribution in [1.29, 1.82) is 0 Å². The molecule has 0 saturated carbocycles. The van der Waals surface area contributed by atoms with Crippen LogP contribution in [0.2, 0.25) is 0 Å². The number of fused-ring (bicyclic) bond motifs is 2. The molecule has 2 amide bonds. The summed E-state index contributed by atoms with van der Waals surface area (Å²) in [6, 6.07) is 23.7. The molecule has 1 N–H and O–H groups in total. The summed E-state index contributed by atoms with van der Waals surface area (Å²) in [5.41, 5.74) is 5.81. The molecule has 35 heavy (non-hydrogen) atoms. The molecule has 0 aromatic heterocycles. The van der Waals surface area contributed by atoms with Gasteiger partial charge in [-0.3, -0.25) is 9.59 Å². The van der Waals surface area contributed by atoms with Gasteiger partial charge in [0.05, 0.1) is 6.10 Å². The van der Waals surface area contributed by atoms with Gasteiger partial charge in [-0.15, -0.1) is 0 Å². The summed E-state index contributed by atoms with van der Waals surface area (Å²) in [5, 5.41) is 3.53. The first-order valence-corrected chi connectivity index (χ1v) is 12.4. The minimum absolute atomic E-state index is 0.0331. The van der Waals surface area contributed by atoms with Crippen LogP contribution in [0.15, 0.2) is 72.8 Å².